The minimum Gasteiger partial charge on any atom is -0.497 e. The zero-order chi connectivity index (χ0) is 12.8. The molecule has 0 bridgehead atoms. The number of aliphatic carboxylic acids is 1. The second kappa shape index (κ2) is 5.69. The van der Waals surface area contributed by atoms with E-state index in [1.165, 1.54) is 26.2 Å². The van der Waals surface area contributed by atoms with E-state index in [-0.39, 0.29) is 5.75 Å². The molecule has 5 heteroatoms. The molecule has 0 amide bonds. The molecule has 0 radical (unpaired) electrons. The van der Waals surface area contributed by atoms with Gasteiger partial charge in [-0.1, -0.05) is 0 Å². The molecule has 1 aromatic carbocycles. The molecule has 1 aromatic rings. The Labute approximate surface area is 98.3 Å². The first kappa shape index (κ1) is 12.8. The lowest BCUT2D eigenvalue weighted by Gasteiger charge is -2.07. The summed E-state index contributed by atoms with van der Waals surface area (Å²) in [7, 11) is 1.49. The summed E-state index contributed by atoms with van der Waals surface area (Å²) < 4.78 is 9.94. The molecule has 0 heterocycles. The van der Waals surface area contributed by atoms with E-state index in [4.69, 9.17) is 14.6 Å². The van der Waals surface area contributed by atoms with E-state index in [0.29, 0.717) is 11.3 Å². The van der Waals surface area contributed by atoms with Gasteiger partial charge >= 0.3 is 11.9 Å². The Kier molecular flexibility index (Phi) is 4.28. The quantitative estimate of drug-likeness (QED) is 0.489. The predicted molar refractivity (Wildman–Crippen MR) is 61.0 cm³/mol. The molecule has 0 unspecified atom stereocenters. The van der Waals surface area contributed by atoms with Crippen LogP contribution in [0.5, 0.6) is 11.5 Å². The van der Waals surface area contributed by atoms with E-state index in [1.54, 1.807) is 12.1 Å². The van der Waals surface area contributed by atoms with Crippen LogP contribution in [0.2, 0.25) is 0 Å². The molecule has 0 aliphatic carbocycles. The van der Waals surface area contributed by atoms with Crippen molar-refractivity contribution < 1.29 is 24.2 Å². The molecular weight excluding hydrogens is 224 g/mol. The Bertz CT molecular complexity index is 462. The second-order valence-corrected chi connectivity index (χ2v) is 3.17. The Morgan fingerprint density at radius 3 is 2.59 bits per heavy atom. The molecule has 0 aromatic heterocycles. The molecule has 90 valence electrons. The van der Waals surface area contributed by atoms with Crippen molar-refractivity contribution in [3.63, 3.8) is 0 Å². The minimum atomic E-state index is -1.07. The number of esters is 1. The zero-order valence-electron chi connectivity index (χ0n) is 9.47. The van der Waals surface area contributed by atoms with Crippen LogP contribution in [0.15, 0.2) is 24.3 Å². The fourth-order valence-corrected chi connectivity index (χ4v) is 1.18. The van der Waals surface area contributed by atoms with E-state index >= 15 is 0 Å². The predicted octanol–water partition coefficient (Wildman–Crippen LogP) is 1.72. The van der Waals surface area contributed by atoms with Crippen molar-refractivity contribution in [1.29, 1.82) is 0 Å². The van der Waals surface area contributed by atoms with Gasteiger partial charge in [0.25, 0.3) is 0 Å². The number of carbonyl (C=O) groups is 2. The van der Waals surface area contributed by atoms with Crippen molar-refractivity contribution in [2.45, 2.75) is 6.92 Å². The molecule has 1 rings (SSSR count). The third-order valence-electron chi connectivity index (χ3n) is 1.88. The molecule has 5 nitrogen and oxygen atoms in total. The molecule has 0 aliphatic heterocycles. The molecule has 0 saturated heterocycles. The monoisotopic (exact) mass is 236 g/mol. The van der Waals surface area contributed by atoms with Gasteiger partial charge in [0.05, 0.1) is 7.11 Å². The van der Waals surface area contributed by atoms with Gasteiger partial charge in [0, 0.05) is 24.6 Å². The SMILES string of the molecule is COc1ccc(C=CC(=O)O)c(OC(C)=O)c1. The average molecular weight is 236 g/mol. The second-order valence-electron chi connectivity index (χ2n) is 3.17. The molecule has 0 atom stereocenters. The number of methoxy groups -OCH3 is 1. The summed E-state index contributed by atoms with van der Waals surface area (Å²) in [6.07, 6.45) is 2.31. The highest BCUT2D eigenvalue weighted by Crippen LogP contribution is 2.26. The van der Waals surface area contributed by atoms with E-state index in [1.807, 2.05) is 0 Å². The molecule has 1 N–H and O–H groups in total. The van der Waals surface area contributed by atoms with Gasteiger partial charge in [0.1, 0.15) is 11.5 Å². The van der Waals surface area contributed by atoms with Gasteiger partial charge in [0.15, 0.2) is 0 Å². The van der Waals surface area contributed by atoms with Crippen LogP contribution < -0.4 is 9.47 Å². The maximum Gasteiger partial charge on any atom is 0.328 e. The van der Waals surface area contributed by atoms with Crippen LogP contribution in [0.4, 0.5) is 0 Å². The lowest BCUT2D eigenvalue weighted by Crippen LogP contribution is -2.03. The number of hydrogen-bond acceptors (Lipinski definition) is 4. The minimum absolute atomic E-state index is 0.259. The lowest BCUT2D eigenvalue weighted by molar-refractivity contribution is -0.132. The largest absolute Gasteiger partial charge is 0.497 e. The summed E-state index contributed by atoms with van der Waals surface area (Å²) in [5.74, 6) is -0.777. The fraction of sp³-hybridized carbons (Fsp3) is 0.167. The van der Waals surface area contributed by atoms with Crippen LogP contribution in [-0.2, 0) is 9.59 Å². The summed E-state index contributed by atoms with van der Waals surface area (Å²) in [6.45, 7) is 1.27. The highest BCUT2D eigenvalue weighted by atomic mass is 16.5. The van der Waals surface area contributed by atoms with Crippen molar-refractivity contribution in [3.05, 3.63) is 29.8 Å². The van der Waals surface area contributed by atoms with Gasteiger partial charge in [0.2, 0.25) is 0 Å². The summed E-state index contributed by atoms with van der Waals surface area (Å²) >= 11 is 0. The molecule has 0 aliphatic rings. The number of hydrogen-bond donors (Lipinski definition) is 1. The molecular formula is C12H12O5. The van der Waals surface area contributed by atoms with E-state index in [0.717, 1.165) is 6.08 Å². The number of carboxylic acids is 1. The summed E-state index contributed by atoms with van der Waals surface area (Å²) in [6, 6.07) is 4.77. The van der Waals surface area contributed by atoms with Gasteiger partial charge < -0.3 is 14.6 Å². The zero-order valence-corrected chi connectivity index (χ0v) is 9.47. The first-order valence-electron chi connectivity index (χ1n) is 4.80. The van der Waals surface area contributed by atoms with E-state index in [9.17, 15) is 9.59 Å². The molecule has 0 spiro atoms. The normalized spacial score (nSPS) is 10.2. The molecule has 0 saturated carbocycles. The van der Waals surface area contributed by atoms with Crippen LogP contribution in [0.3, 0.4) is 0 Å². The van der Waals surface area contributed by atoms with Crippen molar-refractivity contribution in [3.8, 4) is 11.5 Å². The van der Waals surface area contributed by atoms with Crippen LogP contribution in [0.25, 0.3) is 6.08 Å². The van der Waals surface area contributed by atoms with Gasteiger partial charge in [-0.05, 0) is 18.2 Å². The topological polar surface area (TPSA) is 72.8 Å². The third kappa shape index (κ3) is 3.98. The van der Waals surface area contributed by atoms with Crippen molar-refractivity contribution in [1.82, 2.24) is 0 Å². The lowest BCUT2D eigenvalue weighted by atomic mass is 10.1. The smallest absolute Gasteiger partial charge is 0.328 e. The first-order chi connectivity index (χ1) is 8.02. The van der Waals surface area contributed by atoms with Gasteiger partial charge in [-0.3, -0.25) is 4.79 Å². The third-order valence-corrected chi connectivity index (χ3v) is 1.88. The van der Waals surface area contributed by atoms with Crippen LogP contribution in [-0.4, -0.2) is 24.2 Å². The number of carbonyl (C=O) groups excluding carboxylic acids is 1. The molecule has 0 fully saturated rings. The number of carboxylic acid groups (broad SMARTS) is 1. The first-order valence-corrected chi connectivity index (χ1v) is 4.80. The highest BCUT2D eigenvalue weighted by molar-refractivity contribution is 5.86. The summed E-state index contributed by atoms with van der Waals surface area (Å²) in [5.41, 5.74) is 0.489. The van der Waals surface area contributed by atoms with Crippen LogP contribution in [0, 0.1) is 0 Å². The van der Waals surface area contributed by atoms with Gasteiger partial charge in [-0.2, -0.15) is 0 Å². The van der Waals surface area contributed by atoms with Crippen molar-refractivity contribution in [2.24, 2.45) is 0 Å². The Balaban J connectivity index is 3.09. The Morgan fingerprint density at radius 1 is 1.35 bits per heavy atom. The maximum absolute atomic E-state index is 10.9. The average Bonchev–Trinajstić information content (AvgIpc) is 2.26. The summed E-state index contributed by atoms with van der Waals surface area (Å²) in [5, 5.41) is 8.53. The van der Waals surface area contributed by atoms with Gasteiger partial charge in [-0.25, -0.2) is 4.79 Å². The number of ether oxygens (including phenoxy) is 2. The highest BCUT2D eigenvalue weighted by Gasteiger charge is 2.06. The standard InChI is InChI=1S/C12H12O5/c1-8(13)17-11-7-10(16-2)5-3-9(11)4-6-12(14)15/h3-7H,1-2H3,(H,14,15). The van der Waals surface area contributed by atoms with Crippen molar-refractivity contribution >= 4 is 18.0 Å². The molecule has 17 heavy (non-hydrogen) atoms. The van der Waals surface area contributed by atoms with E-state index < -0.39 is 11.9 Å². The van der Waals surface area contributed by atoms with E-state index in [2.05, 4.69) is 0 Å². The Hall–Kier alpha value is -2.30. The number of rotatable bonds is 4. The maximum atomic E-state index is 10.9. The van der Waals surface area contributed by atoms with Crippen molar-refractivity contribution in [2.75, 3.05) is 7.11 Å². The Morgan fingerprint density at radius 2 is 2.06 bits per heavy atom. The summed E-state index contributed by atoms with van der Waals surface area (Å²) in [4.78, 5) is 21.3. The fourth-order valence-electron chi connectivity index (χ4n) is 1.18. The van der Waals surface area contributed by atoms with Crippen LogP contribution >= 0.6 is 0 Å². The number of benzene rings is 1. The van der Waals surface area contributed by atoms with Gasteiger partial charge in [-0.15, -0.1) is 0 Å². The van der Waals surface area contributed by atoms with Crippen LogP contribution in [0.1, 0.15) is 12.5 Å².